The van der Waals surface area contributed by atoms with Gasteiger partial charge in [0.25, 0.3) is 0 Å². The Morgan fingerprint density at radius 1 is 1.30 bits per heavy atom. The number of aromatic nitrogens is 2. The number of methoxy groups -OCH3 is 2. The van der Waals surface area contributed by atoms with Crippen LogP contribution in [0.2, 0.25) is 0 Å². The van der Waals surface area contributed by atoms with Crippen molar-refractivity contribution in [2.24, 2.45) is 10.8 Å². The summed E-state index contributed by atoms with van der Waals surface area (Å²) in [6.07, 6.45) is 2.20. The smallest absolute Gasteiger partial charge is 0.323 e. The third-order valence-corrected chi connectivity index (χ3v) is 5.09. The molecule has 0 radical (unpaired) electrons. The van der Waals surface area contributed by atoms with Gasteiger partial charge >= 0.3 is 12.0 Å². The van der Waals surface area contributed by atoms with Crippen molar-refractivity contribution < 1.29 is 23.7 Å². The Bertz CT molecular complexity index is 600. The summed E-state index contributed by atoms with van der Waals surface area (Å²) in [6.45, 7) is 4.29. The molecule has 0 amide bonds. The van der Waals surface area contributed by atoms with Crippen molar-refractivity contribution in [3.05, 3.63) is 6.07 Å². The van der Waals surface area contributed by atoms with E-state index in [4.69, 9.17) is 18.9 Å². The number of hydrogen-bond donors (Lipinski definition) is 0. The van der Waals surface area contributed by atoms with Crippen LogP contribution in [0.3, 0.4) is 0 Å². The van der Waals surface area contributed by atoms with Crippen LogP contribution in [0.5, 0.6) is 17.8 Å². The lowest BCUT2D eigenvalue weighted by molar-refractivity contribution is -0.154. The van der Waals surface area contributed by atoms with Crippen molar-refractivity contribution in [1.29, 1.82) is 0 Å². The zero-order valence-corrected chi connectivity index (χ0v) is 13.9. The maximum Gasteiger partial charge on any atom is 0.323 e. The molecule has 2 saturated carbocycles. The molecular weight excluding hydrogens is 300 g/mol. The first-order chi connectivity index (χ1) is 11.0. The minimum absolute atomic E-state index is 0.0487. The Morgan fingerprint density at radius 3 is 2.48 bits per heavy atom. The zero-order chi connectivity index (χ0) is 16.7. The average Bonchev–Trinajstić information content (AvgIpc) is 3.09. The molecule has 1 heterocycles. The Morgan fingerprint density at radius 2 is 1.96 bits per heavy atom. The second-order valence-electron chi connectivity index (χ2n) is 6.31. The number of hydrogen-bond acceptors (Lipinski definition) is 7. The lowest BCUT2D eigenvalue weighted by atomic mass is 9.96. The third kappa shape index (κ3) is 2.38. The number of fused-ring (bicyclic) bond motifs is 1. The van der Waals surface area contributed by atoms with E-state index in [1.807, 2.05) is 6.92 Å². The summed E-state index contributed by atoms with van der Waals surface area (Å²) in [5.41, 5.74) is -0.629. The van der Waals surface area contributed by atoms with E-state index in [2.05, 4.69) is 16.9 Å². The van der Waals surface area contributed by atoms with Gasteiger partial charge in [-0.3, -0.25) is 4.79 Å². The van der Waals surface area contributed by atoms with Gasteiger partial charge in [-0.05, 0) is 31.6 Å². The third-order valence-electron chi connectivity index (χ3n) is 5.09. The van der Waals surface area contributed by atoms with Gasteiger partial charge in [-0.2, -0.15) is 9.97 Å². The molecule has 3 unspecified atom stereocenters. The topological polar surface area (TPSA) is 79.8 Å². The van der Waals surface area contributed by atoms with E-state index < -0.39 is 5.41 Å². The summed E-state index contributed by atoms with van der Waals surface area (Å²) in [5, 5.41) is 0. The van der Waals surface area contributed by atoms with Crippen LogP contribution in [0.25, 0.3) is 0 Å². The van der Waals surface area contributed by atoms with Gasteiger partial charge in [-0.1, -0.05) is 6.92 Å². The maximum atomic E-state index is 12.5. The van der Waals surface area contributed by atoms with Crippen LogP contribution in [0.4, 0.5) is 0 Å². The molecule has 0 bridgehead atoms. The van der Waals surface area contributed by atoms with Gasteiger partial charge in [0, 0.05) is 0 Å². The minimum atomic E-state index is -0.581. The Kier molecular flexibility index (Phi) is 3.82. The molecule has 0 spiro atoms. The van der Waals surface area contributed by atoms with Crippen molar-refractivity contribution in [1.82, 2.24) is 9.97 Å². The van der Waals surface area contributed by atoms with Crippen molar-refractivity contribution in [2.45, 2.75) is 39.2 Å². The summed E-state index contributed by atoms with van der Waals surface area (Å²) < 4.78 is 21.5. The van der Waals surface area contributed by atoms with E-state index in [0.717, 1.165) is 19.3 Å². The first kappa shape index (κ1) is 15.8. The van der Waals surface area contributed by atoms with Gasteiger partial charge in [0.2, 0.25) is 11.8 Å². The molecule has 7 nitrogen and oxygen atoms in total. The van der Waals surface area contributed by atoms with Gasteiger partial charge < -0.3 is 18.9 Å². The van der Waals surface area contributed by atoms with E-state index >= 15 is 0 Å². The number of rotatable bonds is 6. The predicted octanol–water partition coefficient (Wildman–Crippen LogP) is 1.99. The number of ether oxygens (including phenoxy) is 4. The maximum absolute atomic E-state index is 12.5. The second-order valence-corrected chi connectivity index (χ2v) is 6.31. The van der Waals surface area contributed by atoms with E-state index in [9.17, 15) is 4.79 Å². The molecule has 1 aromatic rings. The summed E-state index contributed by atoms with van der Waals surface area (Å²) in [5.74, 6) is 0.530. The molecule has 2 aliphatic rings. The highest BCUT2D eigenvalue weighted by atomic mass is 16.5. The summed E-state index contributed by atoms with van der Waals surface area (Å²) in [4.78, 5) is 20.8. The van der Waals surface area contributed by atoms with Gasteiger partial charge in [-0.25, -0.2) is 0 Å². The highest BCUT2D eigenvalue weighted by Crippen LogP contribution is 2.74. The molecule has 2 fully saturated rings. The fourth-order valence-electron chi connectivity index (χ4n) is 3.72. The number of carbonyl (C=O) groups excluding carboxylic acids is 1. The summed E-state index contributed by atoms with van der Waals surface area (Å²) in [7, 11) is 3.03. The molecule has 0 N–H and O–H groups in total. The molecule has 3 rings (SSSR count). The lowest BCUT2D eigenvalue weighted by Crippen LogP contribution is -2.36. The van der Waals surface area contributed by atoms with Gasteiger partial charge in [0.15, 0.2) is 0 Å². The normalized spacial score (nSPS) is 31.2. The van der Waals surface area contributed by atoms with Crippen LogP contribution >= 0.6 is 0 Å². The Balaban J connectivity index is 1.84. The Labute approximate surface area is 135 Å². The van der Waals surface area contributed by atoms with Crippen molar-refractivity contribution in [2.75, 3.05) is 20.8 Å². The van der Waals surface area contributed by atoms with Crippen LogP contribution in [0, 0.1) is 10.8 Å². The van der Waals surface area contributed by atoms with E-state index in [0.29, 0.717) is 18.4 Å². The molecule has 0 saturated heterocycles. The van der Waals surface area contributed by atoms with E-state index in [1.54, 1.807) is 6.07 Å². The second kappa shape index (κ2) is 5.54. The van der Waals surface area contributed by atoms with Gasteiger partial charge in [-0.15, -0.1) is 0 Å². The molecular formula is C16H22N2O5. The Hall–Kier alpha value is -2.05. The first-order valence-electron chi connectivity index (χ1n) is 7.80. The molecule has 3 atom stereocenters. The average molecular weight is 322 g/mol. The van der Waals surface area contributed by atoms with Crippen LogP contribution in [-0.2, 0) is 9.53 Å². The molecule has 7 heteroatoms. The van der Waals surface area contributed by atoms with E-state index in [1.165, 1.54) is 14.2 Å². The zero-order valence-electron chi connectivity index (χ0n) is 13.9. The van der Waals surface area contributed by atoms with Crippen LogP contribution in [0.15, 0.2) is 6.07 Å². The molecule has 0 aromatic carbocycles. The van der Waals surface area contributed by atoms with Crippen LogP contribution in [-0.4, -0.2) is 42.9 Å². The van der Waals surface area contributed by atoms with E-state index in [-0.39, 0.29) is 23.5 Å². The van der Waals surface area contributed by atoms with Crippen LogP contribution < -0.4 is 14.2 Å². The fourth-order valence-corrected chi connectivity index (χ4v) is 3.72. The molecule has 1 aromatic heterocycles. The SMILES string of the molecule is CCOC(=O)C12CC1(C)CCC2Oc1nc(OC)cc(OC)n1. The summed E-state index contributed by atoms with van der Waals surface area (Å²) >= 11 is 0. The van der Waals surface area contributed by atoms with Gasteiger partial charge in [0.05, 0.1) is 26.9 Å². The number of carbonyl (C=O) groups is 1. The lowest BCUT2D eigenvalue weighted by Gasteiger charge is -2.22. The predicted molar refractivity (Wildman–Crippen MR) is 80.6 cm³/mol. The summed E-state index contributed by atoms with van der Waals surface area (Å²) in [6, 6.07) is 1.73. The molecule has 23 heavy (non-hydrogen) atoms. The number of esters is 1. The van der Waals surface area contributed by atoms with Crippen molar-refractivity contribution >= 4 is 5.97 Å². The molecule has 2 aliphatic carbocycles. The standard InChI is InChI=1S/C16H22N2O5/c1-5-22-13(19)16-9-15(16,2)7-6-10(16)23-14-17-11(20-3)8-12(18-14)21-4/h8,10H,5-7,9H2,1-4H3. The number of nitrogens with zero attached hydrogens (tertiary/aromatic N) is 2. The molecule has 0 aliphatic heterocycles. The molecule has 126 valence electrons. The highest BCUT2D eigenvalue weighted by molar-refractivity contribution is 5.83. The van der Waals surface area contributed by atoms with Crippen molar-refractivity contribution in [3.63, 3.8) is 0 Å². The van der Waals surface area contributed by atoms with Crippen LogP contribution in [0.1, 0.15) is 33.1 Å². The minimum Gasteiger partial charge on any atom is -0.481 e. The fraction of sp³-hybridized carbons (Fsp3) is 0.688. The quantitative estimate of drug-likeness (QED) is 0.741. The largest absolute Gasteiger partial charge is 0.481 e. The van der Waals surface area contributed by atoms with Gasteiger partial charge in [0.1, 0.15) is 11.5 Å². The monoisotopic (exact) mass is 322 g/mol. The highest BCUT2D eigenvalue weighted by Gasteiger charge is 2.78. The van der Waals surface area contributed by atoms with Crippen molar-refractivity contribution in [3.8, 4) is 17.8 Å². The first-order valence-corrected chi connectivity index (χ1v) is 7.80.